The molecular weight excluding hydrogens is 809 g/mol. The minimum atomic E-state index is -0.375. The van der Waals surface area contributed by atoms with Crippen LogP contribution in [0.1, 0.15) is 20.3 Å². The van der Waals surface area contributed by atoms with Crippen molar-refractivity contribution in [1.82, 2.24) is 9.97 Å². The summed E-state index contributed by atoms with van der Waals surface area (Å²) in [6, 6.07) is 38.6. The molecule has 0 aliphatic carbocycles. The average Bonchev–Trinajstić information content (AvgIpc) is 3.60. The van der Waals surface area contributed by atoms with Crippen molar-refractivity contribution in [2.45, 2.75) is 32.5 Å². The number of aliphatic hydroxyl groups excluding tert-OH is 2. The van der Waals surface area contributed by atoms with Crippen molar-refractivity contribution in [2.75, 3.05) is 0 Å². The van der Waals surface area contributed by atoms with Crippen LogP contribution in [0.25, 0.3) is 41.6 Å². The van der Waals surface area contributed by atoms with Crippen molar-refractivity contribution in [3.05, 3.63) is 109 Å². The van der Waals surface area contributed by atoms with Gasteiger partial charge in [0.2, 0.25) is 0 Å². The third kappa shape index (κ3) is 11.2. The molecule has 0 spiro atoms. The van der Waals surface area contributed by atoms with Crippen LogP contribution in [0.4, 0.5) is 0 Å². The molecule has 0 saturated heterocycles. The van der Waals surface area contributed by atoms with Crippen LogP contribution in [0.15, 0.2) is 97.1 Å². The molecule has 0 amide bonds. The van der Waals surface area contributed by atoms with E-state index < -0.39 is 0 Å². The summed E-state index contributed by atoms with van der Waals surface area (Å²) in [6.07, 6.45) is -0.278. The molecule has 2 heterocycles. The summed E-state index contributed by atoms with van der Waals surface area (Å²) in [5.74, 6) is 0. The summed E-state index contributed by atoms with van der Waals surface area (Å²) in [4.78, 5) is 9.14. The number of hydrogen-bond donors (Lipinski definition) is 2. The summed E-state index contributed by atoms with van der Waals surface area (Å²) >= 11 is 3.42. The van der Waals surface area contributed by atoms with Gasteiger partial charge in [0.1, 0.15) is 0 Å². The topological polar surface area (TPSA) is 66.2 Å². The van der Waals surface area contributed by atoms with E-state index >= 15 is 0 Å². The maximum Gasteiger partial charge on any atom is 0.0697 e. The third-order valence-corrected chi connectivity index (χ3v) is 7.29. The molecular formula is C31H31IrN2O2PS2Y-2. The largest absolute Gasteiger partial charge is 0.393 e. The fourth-order valence-corrected chi connectivity index (χ4v) is 5.43. The Bertz CT molecular complexity index is 1360. The molecule has 6 aromatic rings. The molecule has 3 atom stereocenters. The number of thiazole rings is 2. The van der Waals surface area contributed by atoms with E-state index in [-0.39, 0.29) is 65.0 Å². The first kappa shape index (κ1) is 35.0. The van der Waals surface area contributed by atoms with E-state index in [1.807, 2.05) is 84.9 Å². The van der Waals surface area contributed by atoms with Gasteiger partial charge < -0.3 is 10.2 Å². The monoisotopic (exact) mass is 841 g/mol. The van der Waals surface area contributed by atoms with Crippen molar-refractivity contribution in [3.63, 3.8) is 0 Å². The molecule has 4 aromatic carbocycles. The molecule has 6 rings (SSSR count). The van der Waals surface area contributed by atoms with Crippen LogP contribution in [0.2, 0.25) is 0 Å². The van der Waals surface area contributed by atoms with Gasteiger partial charge in [0.15, 0.2) is 0 Å². The average molecular weight is 841 g/mol. The molecule has 2 radical (unpaired) electrons. The Morgan fingerprint density at radius 1 is 0.700 bits per heavy atom. The standard InChI is InChI=1S/2C13H8NS.C5H12O2.Ir.H3P.Y/c2*1-2-6-10(7-3-1)13-14-11-8-4-5-9-12(11)15-13;1-4(6)3-5(2)7;;;/h2*1-6,8-9H;4-7H,3H2,1-2H3;;1H3;/q2*-1;;;;/i;;;;1D;. The van der Waals surface area contributed by atoms with Gasteiger partial charge in [0.05, 0.1) is 24.5 Å². The van der Waals surface area contributed by atoms with Gasteiger partial charge in [-0.1, -0.05) is 24.3 Å². The maximum atomic E-state index is 8.56. The third-order valence-electron chi connectivity index (χ3n) is 5.15. The molecule has 3 unspecified atom stereocenters. The van der Waals surface area contributed by atoms with Gasteiger partial charge in [-0.25, -0.2) is 0 Å². The smallest absolute Gasteiger partial charge is 0.0697 e. The van der Waals surface area contributed by atoms with Crippen LogP contribution in [-0.2, 0) is 52.8 Å². The summed E-state index contributed by atoms with van der Waals surface area (Å²) < 4.78 is 8.12. The van der Waals surface area contributed by atoms with Crippen LogP contribution >= 0.6 is 32.5 Å². The number of benzene rings is 4. The van der Waals surface area contributed by atoms with Gasteiger partial charge in [-0.2, -0.15) is 32.5 Å². The number of para-hydroxylation sites is 2. The number of hydrogen-bond acceptors (Lipinski definition) is 6. The normalized spacial score (nSPS) is 11.5. The van der Waals surface area contributed by atoms with Gasteiger partial charge in [-0.05, 0) is 44.5 Å². The molecule has 40 heavy (non-hydrogen) atoms. The van der Waals surface area contributed by atoms with Crippen LogP contribution in [-0.4, -0.2) is 33.7 Å². The Hall–Kier alpha value is -1.24. The number of fused-ring (bicyclic) bond motifs is 2. The fourth-order valence-electron chi connectivity index (χ4n) is 3.52. The number of rotatable bonds is 4. The van der Waals surface area contributed by atoms with Gasteiger partial charge in [0.25, 0.3) is 0 Å². The first-order chi connectivity index (χ1) is 19.0. The van der Waals surface area contributed by atoms with Crippen molar-refractivity contribution in [1.29, 1.82) is 1.28 Å². The molecule has 208 valence electrons. The van der Waals surface area contributed by atoms with E-state index in [2.05, 4.69) is 34.2 Å². The van der Waals surface area contributed by atoms with Gasteiger partial charge >= 0.3 is 0 Å². The Morgan fingerprint density at radius 3 is 1.38 bits per heavy atom. The molecule has 0 fully saturated rings. The van der Waals surface area contributed by atoms with Gasteiger partial charge in [0, 0.05) is 72.2 Å². The summed E-state index contributed by atoms with van der Waals surface area (Å²) in [7, 11) is 1.67. The Morgan fingerprint density at radius 2 is 1.07 bits per heavy atom. The van der Waals surface area contributed by atoms with E-state index in [4.69, 9.17) is 11.5 Å². The van der Waals surface area contributed by atoms with Gasteiger partial charge in [-0.15, -0.1) is 71.8 Å². The van der Waals surface area contributed by atoms with Crippen molar-refractivity contribution in [3.8, 4) is 21.1 Å². The second-order valence-electron chi connectivity index (χ2n) is 8.46. The first-order valence-electron chi connectivity index (χ1n) is 12.6. The van der Waals surface area contributed by atoms with E-state index in [0.717, 1.165) is 32.2 Å². The summed E-state index contributed by atoms with van der Waals surface area (Å²) in [5.41, 5.74) is 4.27. The minimum absolute atomic E-state index is 0. The summed E-state index contributed by atoms with van der Waals surface area (Å²) in [5, 5.41) is 19.2. The molecule has 2 aromatic heterocycles. The Balaban J connectivity index is 0.000000310. The number of aromatic nitrogens is 2. The molecule has 2 N–H and O–H groups in total. The maximum absolute atomic E-state index is 8.56. The van der Waals surface area contributed by atoms with Gasteiger partial charge in [-0.3, -0.25) is 9.97 Å². The zero-order chi connectivity index (χ0) is 28.0. The van der Waals surface area contributed by atoms with Crippen molar-refractivity contribution >= 4 is 53.0 Å². The van der Waals surface area contributed by atoms with E-state index in [9.17, 15) is 0 Å². The van der Waals surface area contributed by atoms with Crippen LogP contribution in [0.5, 0.6) is 0 Å². The second-order valence-corrected chi connectivity index (χ2v) is 10.5. The quantitative estimate of drug-likeness (QED) is 0.141. The van der Waals surface area contributed by atoms with Crippen molar-refractivity contribution < 1.29 is 63.0 Å². The Kier molecular flexibility index (Phi) is 16.6. The number of aliphatic hydroxyl groups is 2. The second kappa shape index (κ2) is 19.0. The predicted molar refractivity (Wildman–Crippen MR) is 167 cm³/mol. The molecule has 0 saturated carbocycles. The van der Waals surface area contributed by atoms with Crippen LogP contribution < -0.4 is 0 Å². The predicted octanol–water partition coefficient (Wildman–Crippen LogP) is 7.72. The van der Waals surface area contributed by atoms with E-state index in [0.29, 0.717) is 6.42 Å². The first-order valence-corrected chi connectivity index (χ1v) is 13.6. The molecule has 9 heteroatoms. The molecule has 0 aliphatic rings. The minimum Gasteiger partial charge on any atom is -0.393 e. The van der Waals surface area contributed by atoms with Crippen LogP contribution in [0, 0.1) is 12.1 Å². The zero-order valence-corrected chi connectivity index (χ0v) is 30.2. The molecule has 4 nitrogen and oxygen atoms in total. The van der Waals surface area contributed by atoms with Crippen molar-refractivity contribution in [2.24, 2.45) is 0 Å². The number of nitrogens with zero attached hydrogens (tertiary/aromatic N) is 2. The Labute approximate surface area is 287 Å². The molecule has 0 bridgehead atoms. The molecule has 0 aliphatic heterocycles. The van der Waals surface area contributed by atoms with Crippen LogP contribution in [0.3, 0.4) is 0 Å². The fraction of sp³-hybridized carbons (Fsp3) is 0.161. The van der Waals surface area contributed by atoms with E-state index in [1.54, 1.807) is 46.4 Å². The summed E-state index contributed by atoms with van der Waals surface area (Å²) in [6.45, 7) is 3.32. The zero-order valence-electron chi connectivity index (χ0n) is 23.2. The van der Waals surface area contributed by atoms with E-state index in [1.165, 1.54) is 9.40 Å². The SMILES string of the molecule is CC(O)CC(C)O.[2H]P.[Ir].[Y].[c-]1ccccc1-c1nc2ccccc2s1.[c-]1ccccc1-c1nc2ccccc2s1.